The van der Waals surface area contributed by atoms with Crippen LogP contribution in [0.5, 0.6) is 0 Å². The molecule has 0 unspecified atom stereocenters. The highest BCUT2D eigenvalue weighted by Crippen LogP contribution is 2.12. The van der Waals surface area contributed by atoms with Crippen molar-refractivity contribution in [1.82, 2.24) is 15.4 Å². The van der Waals surface area contributed by atoms with Crippen LogP contribution >= 0.6 is 0 Å². The molecule has 1 aromatic heterocycles. The van der Waals surface area contributed by atoms with Crippen LogP contribution in [0.15, 0.2) is 10.6 Å². The van der Waals surface area contributed by atoms with Gasteiger partial charge in [-0.25, -0.2) is 0 Å². The molecule has 20 heavy (non-hydrogen) atoms. The van der Waals surface area contributed by atoms with Gasteiger partial charge < -0.3 is 19.8 Å². The van der Waals surface area contributed by atoms with E-state index in [0.29, 0.717) is 12.2 Å². The highest BCUT2D eigenvalue weighted by atomic mass is 16.5. The zero-order valence-corrected chi connectivity index (χ0v) is 11.5. The van der Waals surface area contributed by atoms with Crippen molar-refractivity contribution in [3.8, 4) is 0 Å². The normalized spacial score (nSPS) is 17.1. The molecule has 7 nitrogen and oxygen atoms in total. The van der Waals surface area contributed by atoms with E-state index in [0.717, 1.165) is 25.9 Å². The maximum atomic E-state index is 11.9. The fraction of sp³-hybridized carbons (Fsp3) is 0.615. The van der Waals surface area contributed by atoms with Gasteiger partial charge in [0, 0.05) is 31.7 Å². The maximum Gasteiger partial charge on any atom is 0.304 e. The maximum absolute atomic E-state index is 11.9. The molecule has 0 spiro atoms. The van der Waals surface area contributed by atoms with E-state index in [1.54, 1.807) is 13.0 Å². The van der Waals surface area contributed by atoms with E-state index < -0.39 is 5.97 Å². The molecule has 2 rings (SSSR count). The minimum absolute atomic E-state index is 0.106. The van der Waals surface area contributed by atoms with Crippen LogP contribution in [0.2, 0.25) is 0 Å². The highest BCUT2D eigenvalue weighted by Gasteiger charge is 2.22. The molecule has 0 aromatic carbocycles. The van der Waals surface area contributed by atoms with Gasteiger partial charge in [-0.3, -0.25) is 9.59 Å². The summed E-state index contributed by atoms with van der Waals surface area (Å²) in [6.45, 7) is 3.93. The lowest BCUT2D eigenvalue weighted by atomic mass is 10.0. The van der Waals surface area contributed by atoms with Crippen LogP contribution < -0.4 is 5.32 Å². The van der Waals surface area contributed by atoms with Gasteiger partial charge in [-0.15, -0.1) is 0 Å². The van der Waals surface area contributed by atoms with Crippen molar-refractivity contribution in [2.24, 2.45) is 0 Å². The van der Waals surface area contributed by atoms with Crippen LogP contribution in [-0.4, -0.2) is 52.7 Å². The van der Waals surface area contributed by atoms with Crippen LogP contribution in [0.1, 0.15) is 35.5 Å². The van der Waals surface area contributed by atoms with Crippen molar-refractivity contribution in [1.29, 1.82) is 0 Å². The van der Waals surface area contributed by atoms with Gasteiger partial charge in [0.1, 0.15) is 0 Å². The minimum Gasteiger partial charge on any atom is -0.481 e. The Morgan fingerprint density at radius 1 is 1.50 bits per heavy atom. The zero-order chi connectivity index (χ0) is 14.5. The lowest BCUT2D eigenvalue weighted by Gasteiger charge is -2.31. The first-order valence-corrected chi connectivity index (χ1v) is 6.73. The molecule has 1 aliphatic heterocycles. The number of piperidine rings is 1. The first-order valence-electron chi connectivity index (χ1n) is 6.73. The number of rotatable bonds is 5. The van der Waals surface area contributed by atoms with Gasteiger partial charge >= 0.3 is 5.97 Å². The number of aliphatic carboxylic acids is 1. The number of amides is 1. The summed E-state index contributed by atoms with van der Waals surface area (Å²) in [6, 6.07) is 1.71. The molecule has 110 valence electrons. The summed E-state index contributed by atoms with van der Waals surface area (Å²) in [6.07, 6.45) is 1.80. The largest absolute Gasteiger partial charge is 0.481 e. The number of aryl methyl sites for hydroxylation is 1. The molecule has 7 heteroatoms. The van der Waals surface area contributed by atoms with Crippen LogP contribution in [0, 0.1) is 6.92 Å². The van der Waals surface area contributed by atoms with Gasteiger partial charge in [-0.1, -0.05) is 5.16 Å². The van der Waals surface area contributed by atoms with Crippen molar-refractivity contribution in [2.75, 3.05) is 19.6 Å². The van der Waals surface area contributed by atoms with E-state index in [4.69, 9.17) is 9.63 Å². The summed E-state index contributed by atoms with van der Waals surface area (Å²) in [5.41, 5.74) is 0.679. The van der Waals surface area contributed by atoms with E-state index in [1.807, 2.05) is 0 Å². The van der Waals surface area contributed by atoms with Gasteiger partial charge in [0.25, 0.3) is 5.91 Å². The number of hydrogen-bond acceptors (Lipinski definition) is 5. The van der Waals surface area contributed by atoms with E-state index in [9.17, 15) is 9.59 Å². The molecular formula is C13H19N3O4. The molecule has 1 aliphatic rings. The number of aromatic nitrogens is 1. The Bertz CT molecular complexity index is 478. The second kappa shape index (κ2) is 6.51. The average molecular weight is 281 g/mol. The molecule has 2 N–H and O–H groups in total. The quantitative estimate of drug-likeness (QED) is 0.822. The molecule has 0 atom stereocenters. The van der Waals surface area contributed by atoms with Crippen LogP contribution in [0.4, 0.5) is 0 Å². The number of carboxylic acid groups (broad SMARTS) is 1. The first-order chi connectivity index (χ1) is 9.54. The van der Waals surface area contributed by atoms with Gasteiger partial charge in [-0.05, 0) is 19.8 Å². The Balaban J connectivity index is 1.74. The third-order valence-corrected chi connectivity index (χ3v) is 3.42. The van der Waals surface area contributed by atoms with Gasteiger partial charge in [-0.2, -0.15) is 0 Å². The van der Waals surface area contributed by atoms with Gasteiger partial charge in [0.2, 0.25) is 5.76 Å². The smallest absolute Gasteiger partial charge is 0.304 e. The molecule has 1 amide bonds. The molecule has 1 aromatic rings. The molecular weight excluding hydrogens is 262 g/mol. The standard InChI is InChI=1S/C13H19N3O4/c1-9-8-11(20-15-9)13(19)14-10-2-5-16(6-3-10)7-4-12(17)18/h8,10H,2-7H2,1H3,(H,14,19)(H,17,18). The Hall–Kier alpha value is -1.89. The van der Waals surface area contributed by atoms with Crippen molar-refractivity contribution < 1.29 is 19.2 Å². The molecule has 0 saturated carbocycles. The van der Waals surface area contributed by atoms with Crippen LogP contribution in [0.3, 0.4) is 0 Å². The summed E-state index contributed by atoms with van der Waals surface area (Å²) in [5.74, 6) is -0.786. The Morgan fingerprint density at radius 2 is 2.20 bits per heavy atom. The summed E-state index contributed by atoms with van der Waals surface area (Å²) >= 11 is 0. The van der Waals surface area contributed by atoms with Gasteiger partial charge in [0.05, 0.1) is 12.1 Å². The number of likely N-dealkylation sites (tertiary alicyclic amines) is 1. The summed E-state index contributed by atoms with van der Waals surface area (Å²) in [4.78, 5) is 24.5. The monoisotopic (exact) mass is 281 g/mol. The topological polar surface area (TPSA) is 95.7 Å². The number of nitrogens with one attached hydrogen (secondary N) is 1. The SMILES string of the molecule is Cc1cc(C(=O)NC2CCN(CCC(=O)O)CC2)on1. The Morgan fingerprint density at radius 3 is 2.75 bits per heavy atom. The van der Waals surface area contributed by atoms with Crippen molar-refractivity contribution in [3.63, 3.8) is 0 Å². The third kappa shape index (κ3) is 4.06. The van der Waals surface area contributed by atoms with Crippen molar-refractivity contribution in [2.45, 2.75) is 32.2 Å². The number of nitrogens with zero attached hydrogens (tertiary/aromatic N) is 2. The number of hydrogen-bond donors (Lipinski definition) is 2. The predicted molar refractivity (Wildman–Crippen MR) is 70.4 cm³/mol. The summed E-state index contributed by atoms with van der Waals surface area (Å²) < 4.78 is 4.92. The Kier molecular flexibility index (Phi) is 4.73. The number of carbonyl (C=O) groups is 2. The molecule has 0 bridgehead atoms. The van der Waals surface area contributed by atoms with Gasteiger partial charge in [0.15, 0.2) is 0 Å². The molecule has 0 aliphatic carbocycles. The molecule has 1 fully saturated rings. The highest BCUT2D eigenvalue weighted by molar-refractivity contribution is 5.91. The van der Waals surface area contributed by atoms with E-state index in [-0.39, 0.29) is 24.1 Å². The van der Waals surface area contributed by atoms with E-state index in [1.165, 1.54) is 0 Å². The molecule has 2 heterocycles. The lowest BCUT2D eigenvalue weighted by molar-refractivity contribution is -0.137. The second-order valence-electron chi connectivity index (χ2n) is 5.07. The average Bonchev–Trinajstić information content (AvgIpc) is 2.85. The number of carboxylic acids is 1. The Labute approximate surface area is 116 Å². The molecule has 0 radical (unpaired) electrons. The predicted octanol–water partition coefficient (Wildman–Crippen LogP) is 0.652. The third-order valence-electron chi connectivity index (χ3n) is 3.42. The van der Waals surface area contributed by atoms with E-state index >= 15 is 0 Å². The first kappa shape index (κ1) is 14.5. The zero-order valence-electron chi connectivity index (χ0n) is 11.5. The lowest BCUT2D eigenvalue weighted by Crippen LogP contribution is -2.45. The van der Waals surface area contributed by atoms with Crippen molar-refractivity contribution in [3.05, 3.63) is 17.5 Å². The van der Waals surface area contributed by atoms with E-state index in [2.05, 4.69) is 15.4 Å². The van der Waals surface area contributed by atoms with Crippen molar-refractivity contribution >= 4 is 11.9 Å². The second-order valence-corrected chi connectivity index (χ2v) is 5.07. The molecule has 1 saturated heterocycles. The fourth-order valence-corrected chi connectivity index (χ4v) is 2.28. The minimum atomic E-state index is -0.777. The van der Waals surface area contributed by atoms with Crippen LogP contribution in [0.25, 0.3) is 0 Å². The summed E-state index contributed by atoms with van der Waals surface area (Å²) in [5, 5.41) is 15.2. The van der Waals surface area contributed by atoms with Crippen LogP contribution in [-0.2, 0) is 4.79 Å². The fourth-order valence-electron chi connectivity index (χ4n) is 2.28. The summed E-state index contributed by atoms with van der Waals surface area (Å²) in [7, 11) is 0. The number of carbonyl (C=O) groups excluding carboxylic acids is 1.